The Hall–Kier alpha value is -3.12. The molecule has 1 aliphatic rings. The van der Waals surface area contributed by atoms with Crippen molar-refractivity contribution in [2.75, 3.05) is 16.8 Å². The second-order valence-corrected chi connectivity index (χ2v) is 6.19. The van der Waals surface area contributed by atoms with E-state index < -0.39 is 17.8 Å². The summed E-state index contributed by atoms with van der Waals surface area (Å²) in [6, 6.07) is 14.9. The van der Waals surface area contributed by atoms with Gasteiger partial charge in [0.05, 0.1) is 17.9 Å². The van der Waals surface area contributed by atoms with Gasteiger partial charge in [0.15, 0.2) is 0 Å². The molecule has 3 rings (SSSR count). The Bertz CT molecular complexity index is 907. The normalized spacial score (nSPS) is 13.9. The number of nitrogens with one attached hydrogen (secondary N) is 1. The standard InChI is InChI=1S/C20H17ClN2O4/c1-2-12-27-20(26)13-8-10-14(11-9-13)22-17-16(21)18(24)23(19(17)25)15-6-4-3-5-7-15/h3-11,22H,2,12H2,1H3. The van der Waals surface area contributed by atoms with Crippen LogP contribution in [0.15, 0.2) is 65.3 Å². The molecule has 7 heteroatoms. The second-order valence-electron chi connectivity index (χ2n) is 5.81. The Balaban J connectivity index is 1.76. The highest BCUT2D eigenvalue weighted by Gasteiger charge is 2.38. The third-order valence-electron chi connectivity index (χ3n) is 3.87. The molecule has 0 aromatic heterocycles. The summed E-state index contributed by atoms with van der Waals surface area (Å²) in [6.45, 7) is 2.27. The van der Waals surface area contributed by atoms with Crippen LogP contribution in [0, 0.1) is 0 Å². The molecule has 0 saturated heterocycles. The highest BCUT2D eigenvalue weighted by Crippen LogP contribution is 2.29. The quantitative estimate of drug-likeness (QED) is 0.607. The van der Waals surface area contributed by atoms with E-state index in [1.807, 2.05) is 6.92 Å². The highest BCUT2D eigenvalue weighted by molar-refractivity contribution is 6.53. The van der Waals surface area contributed by atoms with Crippen molar-refractivity contribution in [3.63, 3.8) is 0 Å². The number of benzene rings is 2. The molecule has 0 saturated carbocycles. The first-order valence-electron chi connectivity index (χ1n) is 8.40. The molecule has 27 heavy (non-hydrogen) atoms. The Morgan fingerprint density at radius 2 is 1.70 bits per heavy atom. The minimum absolute atomic E-state index is 0.00757. The maximum atomic E-state index is 12.7. The van der Waals surface area contributed by atoms with Crippen LogP contribution in [-0.2, 0) is 14.3 Å². The number of para-hydroxylation sites is 1. The van der Waals surface area contributed by atoms with Crippen molar-refractivity contribution in [1.82, 2.24) is 0 Å². The van der Waals surface area contributed by atoms with E-state index in [1.54, 1.807) is 54.6 Å². The van der Waals surface area contributed by atoms with E-state index in [1.165, 1.54) is 0 Å². The maximum absolute atomic E-state index is 12.7. The average Bonchev–Trinajstić information content (AvgIpc) is 2.90. The number of anilines is 2. The number of ether oxygens (including phenoxy) is 1. The van der Waals surface area contributed by atoms with Crippen molar-refractivity contribution >= 4 is 40.8 Å². The Morgan fingerprint density at radius 3 is 2.33 bits per heavy atom. The van der Waals surface area contributed by atoms with Crippen LogP contribution in [-0.4, -0.2) is 24.4 Å². The van der Waals surface area contributed by atoms with Gasteiger partial charge in [0, 0.05) is 5.69 Å². The van der Waals surface area contributed by atoms with E-state index >= 15 is 0 Å². The number of halogens is 1. The number of nitrogens with zero attached hydrogens (tertiary/aromatic N) is 1. The molecule has 2 amide bonds. The molecule has 2 aromatic rings. The van der Waals surface area contributed by atoms with Gasteiger partial charge in [-0.15, -0.1) is 0 Å². The molecule has 2 aromatic carbocycles. The lowest BCUT2D eigenvalue weighted by molar-refractivity contribution is -0.120. The van der Waals surface area contributed by atoms with Gasteiger partial charge in [-0.1, -0.05) is 36.7 Å². The molecule has 0 unspecified atom stereocenters. The van der Waals surface area contributed by atoms with Crippen molar-refractivity contribution < 1.29 is 19.1 Å². The molecule has 1 heterocycles. The number of hydrogen-bond donors (Lipinski definition) is 1. The Morgan fingerprint density at radius 1 is 1.04 bits per heavy atom. The number of carbonyl (C=O) groups is 3. The van der Waals surface area contributed by atoms with Crippen LogP contribution in [0.3, 0.4) is 0 Å². The molecule has 0 spiro atoms. The Labute approximate surface area is 161 Å². The summed E-state index contributed by atoms with van der Waals surface area (Å²) in [6.07, 6.45) is 0.742. The smallest absolute Gasteiger partial charge is 0.338 e. The van der Waals surface area contributed by atoms with E-state index in [2.05, 4.69) is 5.32 Å². The maximum Gasteiger partial charge on any atom is 0.338 e. The van der Waals surface area contributed by atoms with Crippen LogP contribution in [0.5, 0.6) is 0 Å². The largest absolute Gasteiger partial charge is 0.462 e. The molecule has 0 atom stereocenters. The van der Waals surface area contributed by atoms with Crippen LogP contribution in [0.2, 0.25) is 0 Å². The molecular weight excluding hydrogens is 368 g/mol. The fraction of sp³-hybridized carbons (Fsp3) is 0.150. The van der Waals surface area contributed by atoms with E-state index in [-0.39, 0.29) is 10.7 Å². The predicted molar refractivity (Wildman–Crippen MR) is 102 cm³/mol. The minimum atomic E-state index is -0.588. The van der Waals surface area contributed by atoms with Crippen molar-refractivity contribution in [2.45, 2.75) is 13.3 Å². The number of imide groups is 1. The van der Waals surface area contributed by atoms with E-state index in [0.717, 1.165) is 11.3 Å². The SMILES string of the molecule is CCCOC(=O)c1ccc(NC2=C(Cl)C(=O)N(c3ccccc3)C2=O)cc1. The predicted octanol–water partition coefficient (Wildman–Crippen LogP) is 3.69. The summed E-state index contributed by atoms with van der Waals surface area (Å²) in [5.41, 5.74) is 1.35. The minimum Gasteiger partial charge on any atom is -0.462 e. The van der Waals surface area contributed by atoms with Gasteiger partial charge in [-0.3, -0.25) is 9.59 Å². The third-order valence-corrected chi connectivity index (χ3v) is 4.22. The number of carbonyl (C=O) groups excluding carboxylic acids is 3. The zero-order valence-electron chi connectivity index (χ0n) is 14.6. The molecule has 138 valence electrons. The van der Waals surface area contributed by atoms with Crippen molar-refractivity contribution in [1.29, 1.82) is 0 Å². The summed E-state index contributed by atoms with van der Waals surface area (Å²) in [5.74, 6) is -1.54. The summed E-state index contributed by atoms with van der Waals surface area (Å²) < 4.78 is 5.07. The van der Waals surface area contributed by atoms with Gasteiger partial charge in [-0.2, -0.15) is 0 Å². The van der Waals surface area contributed by atoms with Crippen LogP contribution >= 0.6 is 11.6 Å². The van der Waals surface area contributed by atoms with Gasteiger partial charge in [0.2, 0.25) is 0 Å². The highest BCUT2D eigenvalue weighted by atomic mass is 35.5. The fourth-order valence-electron chi connectivity index (χ4n) is 2.53. The van der Waals surface area contributed by atoms with Gasteiger partial charge in [-0.25, -0.2) is 9.69 Å². The number of hydrogen-bond acceptors (Lipinski definition) is 5. The van der Waals surface area contributed by atoms with Gasteiger partial charge in [0.25, 0.3) is 11.8 Å². The van der Waals surface area contributed by atoms with Crippen LogP contribution in [0.4, 0.5) is 11.4 Å². The van der Waals surface area contributed by atoms with Gasteiger partial charge >= 0.3 is 5.97 Å². The first-order valence-corrected chi connectivity index (χ1v) is 8.78. The second kappa shape index (κ2) is 8.05. The number of amides is 2. The summed E-state index contributed by atoms with van der Waals surface area (Å²) in [5, 5.41) is 2.68. The van der Waals surface area contributed by atoms with Gasteiger partial charge < -0.3 is 10.1 Å². The molecule has 0 bridgehead atoms. The Kier molecular flexibility index (Phi) is 5.57. The zero-order chi connectivity index (χ0) is 19.4. The topological polar surface area (TPSA) is 75.7 Å². The average molecular weight is 385 g/mol. The summed E-state index contributed by atoms with van der Waals surface area (Å²) in [4.78, 5) is 37.9. The van der Waals surface area contributed by atoms with E-state index in [0.29, 0.717) is 23.5 Å². The van der Waals surface area contributed by atoms with Crippen molar-refractivity contribution in [3.05, 3.63) is 70.9 Å². The van der Waals surface area contributed by atoms with E-state index in [9.17, 15) is 14.4 Å². The molecule has 0 aliphatic carbocycles. The van der Waals surface area contributed by atoms with E-state index in [4.69, 9.17) is 16.3 Å². The molecule has 0 radical (unpaired) electrons. The van der Waals surface area contributed by atoms with Gasteiger partial charge in [0.1, 0.15) is 10.7 Å². The lowest BCUT2D eigenvalue weighted by atomic mass is 10.2. The first kappa shape index (κ1) is 18.7. The number of rotatable bonds is 6. The molecular formula is C20H17ClN2O4. The monoisotopic (exact) mass is 384 g/mol. The summed E-state index contributed by atoms with van der Waals surface area (Å²) in [7, 11) is 0. The lowest BCUT2D eigenvalue weighted by Gasteiger charge is -2.14. The fourth-order valence-corrected chi connectivity index (χ4v) is 2.75. The third kappa shape index (κ3) is 3.85. The van der Waals surface area contributed by atoms with Gasteiger partial charge in [-0.05, 0) is 42.8 Å². The van der Waals surface area contributed by atoms with Crippen LogP contribution in [0.25, 0.3) is 0 Å². The summed E-state index contributed by atoms with van der Waals surface area (Å²) >= 11 is 6.09. The molecule has 0 fully saturated rings. The van der Waals surface area contributed by atoms with Crippen molar-refractivity contribution in [2.24, 2.45) is 0 Å². The molecule has 6 nitrogen and oxygen atoms in total. The number of esters is 1. The molecule has 1 aliphatic heterocycles. The lowest BCUT2D eigenvalue weighted by Crippen LogP contribution is -2.32. The molecule has 1 N–H and O–H groups in total. The first-order chi connectivity index (χ1) is 13.0. The van der Waals surface area contributed by atoms with Crippen LogP contribution < -0.4 is 10.2 Å². The van der Waals surface area contributed by atoms with Crippen molar-refractivity contribution in [3.8, 4) is 0 Å². The zero-order valence-corrected chi connectivity index (χ0v) is 15.3. The van der Waals surface area contributed by atoms with Crippen LogP contribution in [0.1, 0.15) is 23.7 Å².